The minimum atomic E-state index is -0.785. The van der Waals surface area contributed by atoms with Gasteiger partial charge in [-0.25, -0.2) is 0 Å². The van der Waals surface area contributed by atoms with E-state index >= 15 is 0 Å². The molecule has 0 atom stereocenters. The van der Waals surface area contributed by atoms with Gasteiger partial charge in [-0.3, -0.25) is 9.59 Å². The van der Waals surface area contributed by atoms with Crippen LogP contribution in [0.4, 0.5) is 0 Å². The Kier molecular flexibility index (Phi) is 5.72. The van der Waals surface area contributed by atoms with E-state index in [1.165, 1.54) is 0 Å². The first-order valence-electron chi connectivity index (χ1n) is 7.28. The lowest BCUT2D eigenvalue weighted by molar-refractivity contribution is -0.136. The summed E-state index contributed by atoms with van der Waals surface area (Å²) < 4.78 is 0. The Balaban J connectivity index is 1.77. The Hall–Kier alpha value is -2.62. The van der Waals surface area contributed by atoms with Gasteiger partial charge >= 0.3 is 5.97 Å². The number of carboxylic acid groups (broad SMARTS) is 1. The Labute approximate surface area is 129 Å². The molecule has 4 nitrogen and oxygen atoms in total. The average molecular weight is 297 g/mol. The monoisotopic (exact) mass is 297 g/mol. The van der Waals surface area contributed by atoms with Crippen molar-refractivity contribution in [2.45, 2.75) is 19.3 Å². The Morgan fingerprint density at radius 2 is 1.45 bits per heavy atom. The molecule has 22 heavy (non-hydrogen) atoms. The van der Waals surface area contributed by atoms with Crippen LogP contribution < -0.4 is 5.32 Å². The molecule has 2 aromatic carbocycles. The third kappa shape index (κ3) is 5.05. The number of carbonyl (C=O) groups is 2. The molecule has 0 aliphatic carbocycles. The summed E-state index contributed by atoms with van der Waals surface area (Å²) in [6.45, 7) is 0.572. The molecule has 0 spiro atoms. The zero-order valence-electron chi connectivity index (χ0n) is 12.3. The predicted octanol–water partition coefficient (Wildman–Crippen LogP) is 2.68. The van der Waals surface area contributed by atoms with Crippen LogP contribution in [-0.4, -0.2) is 23.5 Å². The summed E-state index contributed by atoms with van der Waals surface area (Å²) in [6.07, 6.45) is 1.44. The van der Waals surface area contributed by atoms with Gasteiger partial charge in [0.05, 0.1) is 0 Å². The summed E-state index contributed by atoms with van der Waals surface area (Å²) in [7, 11) is 0. The Bertz CT molecular complexity index is 621. The van der Waals surface area contributed by atoms with E-state index in [2.05, 4.69) is 5.32 Å². The summed E-state index contributed by atoms with van der Waals surface area (Å²) >= 11 is 0. The largest absolute Gasteiger partial charge is 0.481 e. The first-order chi connectivity index (χ1) is 10.6. The minimum absolute atomic E-state index is 0.0707. The van der Waals surface area contributed by atoms with Crippen molar-refractivity contribution in [3.8, 4) is 0 Å². The molecule has 2 rings (SSSR count). The summed E-state index contributed by atoms with van der Waals surface area (Å²) in [4.78, 5) is 22.4. The highest BCUT2D eigenvalue weighted by molar-refractivity contribution is 5.94. The normalized spacial score (nSPS) is 10.2. The molecule has 0 radical (unpaired) electrons. The molecular weight excluding hydrogens is 278 g/mol. The van der Waals surface area contributed by atoms with Gasteiger partial charge in [0.2, 0.25) is 0 Å². The number of carbonyl (C=O) groups excluding carboxylic acids is 1. The van der Waals surface area contributed by atoms with Crippen LogP contribution in [0.15, 0.2) is 54.6 Å². The van der Waals surface area contributed by atoms with Gasteiger partial charge in [0.15, 0.2) is 0 Å². The van der Waals surface area contributed by atoms with Crippen LogP contribution in [0.2, 0.25) is 0 Å². The van der Waals surface area contributed by atoms with Gasteiger partial charge in [0.25, 0.3) is 5.91 Å². The van der Waals surface area contributed by atoms with Crippen LogP contribution in [0.1, 0.15) is 27.9 Å². The van der Waals surface area contributed by atoms with E-state index in [4.69, 9.17) is 5.11 Å². The van der Waals surface area contributed by atoms with Crippen molar-refractivity contribution in [1.82, 2.24) is 5.32 Å². The number of carboxylic acids is 1. The van der Waals surface area contributed by atoms with E-state index < -0.39 is 5.97 Å². The number of aliphatic carboxylic acids is 1. The Morgan fingerprint density at radius 1 is 0.864 bits per heavy atom. The highest BCUT2D eigenvalue weighted by Gasteiger charge is 2.03. The predicted molar refractivity (Wildman–Crippen MR) is 84.9 cm³/mol. The number of hydrogen-bond acceptors (Lipinski definition) is 2. The summed E-state index contributed by atoms with van der Waals surface area (Å²) in [5, 5.41) is 11.5. The van der Waals surface area contributed by atoms with Crippen molar-refractivity contribution in [3.63, 3.8) is 0 Å². The van der Waals surface area contributed by atoms with Crippen LogP contribution >= 0.6 is 0 Å². The van der Waals surface area contributed by atoms with Gasteiger partial charge in [-0.2, -0.15) is 0 Å². The van der Waals surface area contributed by atoms with E-state index in [9.17, 15) is 9.59 Å². The van der Waals surface area contributed by atoms with Crippen LogP contribution in [0, 0.1) is 0 Å². The second kappa shape index (κ2) is 7.98. The van der Waals surface area contributed by atoms with Crippen molar-refractivity contribution in [3.05, 3.63) is 71.3 Å². The molecule has 0 aliphatic heterocycles. The lowest BCUT2D eigenvalue weighted by Crippen LogP contribution is -2.25. The van der Waals surface area contributed by atoms with Crippen LogP contribution in [0.5, 0.6) is 0 Å². The lowest BCUT2D eigenvalue weighted by Gasteiger charge is -2.06. The molecule has 0 fully saturated rings. The summed E-state index contributed by atoms with van der Waals surface area (Å²) in [5.74, 6) is -0.855. The van der Waals surface area contributed by atoms with E-state index in [1.807, 2.05) is 42.5 Å². The zero-order valence-corrected chi connectivity index (χ0v) is 12.3. The second-order valence-corrected chi connectivity index (χ2v) is 5.08. The maximum absolute atomic E-state index is 11.9. The molecule has 0 aliphatic rings. The van der Waals surface area contributed by atoms with Gasteiger partial charge < -0.3 is 10.4 Å². The van der Waals surface area contributed by atoms with Crippen molar-refractivity contribution in [2.75, 3.05) is 6.54 Å². The molecule has 0 aromatic heterocycles. The lowest BCUT2D eigenvalue weighted by atomic mass is 10.1. The van der Waals surface area contributed by atoms with Crippen molar-refractivity contribution in [1.29, 1.82) is 0 Å². The summed E-state index contributed by atoms with van der Waals surface area (Å²) in [6, 6.07) is 17.0. The number of rotatable bonds is 7. The van der Waals surface area contributed by atoms with Crippen molar-refractivity contribution < 1.29 is 14.7 Å². The van der Waals surface area contributed by atoms with Crippen LogP contribution in [0.3, 0.4) is 0 Å². The zero-order chi connectivity index (χ0) is 15.8. The maximum atomic E-state index is 11.9. The maximum Gasteiger partial charge on any atom is 0.303 e. The van der Waals surface area contributed by atoms with E-state index in [1.54, 1.807) is 12.1 Å². The molecule has 2 aromatic rings. The van der Waals surface area contributed by atoms with Gasteiger partial charge in [0.1, 0.15) is 0 Å². The highest BCUT2D eigenvalue weighted by atomic mass is 16.4. The number of benzene rings is 2. The quantitative estimate of drug-likeness (QED) is 0.825. The molecule has 4 heteroatoms. The first-order valence-corrected chi connectivity index (χ1v) is 7.28. The molecule has 0 saturated carbocycles. The van der Waals surface area contributed by atoms with Gasteiger partial charge in [-0.1, -0.05) is 42.5 Å². The highest BCUT2D eigenvalue weighted by Crippen LogP contribution is 2.07. The van der Waals surface area contributed by atoms with Crippen LogP contribution in [0.25, 0.3) is 0 Å². The number of amides is 1. The third-order valence-corrected chi connectivity index (χ3v) is 3.39. The fourth-order valence-corrected chi connectivity index (χ4v) is 2.14. The first kappa shape index (κ1) is 15.8. The van der Waals surface area contributed by atoms with Gasteiger partial charge in [0, 0.05) is 18.5 Å². The SMILES string of the molecule is O=C(O)CCc1ccc(CCNC(=O)c2ccccc2)cc1. The standard InChI is InChI=1S/C18H19NO3/c20-17(21)11-10-14-6-8-15(9-7-14)12-13-19-18(22)16-4-2-1-3-5-16/h1-9H,10-13H2,(H,19,22)(H,20,21). The second-order valence-electron chi connectivity index (χ2n) is 5.08. The molecule has 0 heterocycles. The molecule has 1 amide bonds. The fourth-order valence-electron chi connectivity index (χ4n) is 2.14. The fraction of sp³-hybridized carbons (Fsp3) is 0.222. The Morgan fingerprint density at radius 3 is 2.05 bits per heavy atom. The van der Waals surface area contributed by atoms with Gasteiger partial charge in [-0.15, -0.1) is 0 Å². The van der Waals surface area contributed by atoms with Crippen molar-refractivity contribution >= 4 is 11.9 Å². The summed E-state index contributed by atoms with van der Waals surface area (Å²) in [5.41, 5.74) is 2.79. The van der Waals surface area contributed by atoms with E-state index in [-0.39, 0.29) is 12.3 Å². The molecule has 0 bridgehead atoms. The minimum Gasteiger partial charge on any atom is -0.481 e. The number of hydrogen-bond donors (Lipinski definition) is 2. The van der Waals surface area contributed by atoms with Gasteiger partial charge in [-0.05, 0) is 36.1 Å². The number of nitrogens with one attached hydrogen (secondary N) is 1. The van der Waals surface area contributed by atoms with Crippen LogP contribution in [-0.2, 0) is 17.6 Å². The molecule has 0 unspecified atom stereocenters. The van der Waals surface area contributed by atoms with Crippen molar-refractivity contribution in [2.24, 2.45) is 0 Å². The smallest absolute Gasteiger partial charge is 0.303 e. The molecule has 2 N–H and O–H groups in total. The van der Waals surface area contributed by atoms with E-state index in [0.29, 0.717) is 18.5 Å². The van der Waals surface area contributed by atoms with E-state index in [0.717, 1.165) is 17.5 Å². The number of aryl methyl sites for hydroxylation is 1. The average Bonchev–Trinajstić information content (AvgIpc) is 2.55. The molecule has 0 saturated heterocycles. The topological polar surface area (TPSA) is 66.4 Å². The third-order valence-electron chi connectivity index (χ3n) is 3.39. The molecule has 114 valence electrons. The molecular formula is C18H19NO3.